The summed E-state index contributed by atoms with van der Waals surface area (Å²) in [5.74, 6) is -0.678. The second kappa shape index (κ2) is 7.89. The Kier molecular flexibility index (Phi) is 5.14. The molecule has 144 valence electrons. The summed E-state index contributed by atoms with van der Waals surface area (Å²) in [6.07, 6.45) is 1.55. The van der Waals surface area contributed by atoms with Crippen LogP contribution in [-0.4, -0.2) is 27.7 Å². The fourth-order valence-electron chi connectivity index (χ4n) is 3.16. The Balaban J connectivity index is 1.88. The van der Waals surface area contributed by atoms with Gasteiger partial charge in [-0.15, -0.1) is 0 Å². The van der Waals surface area contributed by atoms with Crippen molar-refractivity contribution < 1.29 is 14.3 Å². The molecule has 0 radical (unpaired) electrons. The minimum Gasteiger partial charge on any atom is -0.462 e. The zero-order valence-corrected chi connectivity index (χ0v) is 16.4. The highest BCUT2D eigenvalue weighted by molar-refractivity contribution is 6.30. The summed E-state index contributed by atoms with van der Waals surface area (Å²) in [6, 6.07) is 19.5. The number of carbonyl (C=O) groups excluding carboxylic acids is 2. The van der Waals surface area contributed by atoms with Crippen molar-refractivity contribution in [3.63, 3.8) is 0 Å². The lowest BCUT2D eigenvalue weighted by atomic mass is 10.1. The second-order valence-corrected chi connectivity index (χ2v) is 6.83. The fraction of sp³-hybridized carbons (Fsp3) is 0.0870. The van der Waals surface area contributed by atoms with Crippen LogP contribution in [-0.2, 0) is 4.74 Å². The van der Waals surface area contributed by atoms with Gasteiger partial charge in [0, 0.05) is 16.1 Å². The Hall–Kier alpha value is -3.44. The third-order valence-electron chi connectivity index (χ3n) is 4.57. The van der Waals surface area contributed by atoms with E-state index in [0.717, 1.165) is 5.56 Å². The third-order valence-corrected chi connectivity index (χ3v) is 4.82. The molecular formula is C23H17ClN2O3. The van der Waals surface area contributed by atoms with Crippen LogP contribution in [0.15, 0.2) is 73.1 Å². The smallest absolute Gasteiger partial charge is 0.340 e. The molecule has 0 saturated carbocycles. The van der Waals surface area contributed by atoms with E-state index in [9.17, 15) is 9.59 Å². The van der Waals surface area contributed by atoms with E-state index in [1.54, 1.807) is 66.2 Å². The first-order valence-corrected chi connectivity index (χ1v) is 9.50. The van der Waals surface area contributed by atoms with Gasteiger partial charge in [0.25, 0.3) is 0 Å². The van der Waals surface area contributed by atoms with Crippen molar-refractivity contribution in [2.24, 2.45) is 0 Å². The molecule has 29 heavy (non-hydrogen) atoms. The standard InChI is InChI=1S/C23H17ClN2O3/c1-2-29-23(28)18-12-21(22(27)16-6-4-3-5-7-16)26-14-25-19(13-20(18)26)15-8-10-17(24)11-9-15/h3-14H,2H2,1H3. The number of benzene rings is 2. The lowest BCUT2D eigenvalue weighted by Crippen LogP contribution is -2.05. The summed E-state index contributed by atoms with van der Waals surface area (Å²) >= 11 is 5.97. The van der Waals surface area contributed by atoms with Gasteiger partial charge < -0.3 is 4.74 Å². The average Bonchev–Trinajstić information content (AvgIpc) is 3.13. The number of fused-ring (bicyclic) bond motifs is 1. The molecule has 0 bridgehead atoms. The van der Waals surface area contributed by atoms with Crippen molar-refractivity contribution in [1.82, 2.24) is 9.38 Å². The first kappa shape index (κ1) is 18.9. The monoisotopic (exact) mass is 404 g/mol. The quantitative estimate of drug-likeness (QED) is 0.344. The number of ether oxygens (including phenoxy) is 1. The summed E-state index contributed by atoms with van der Waals surface area (Å²) in [4.78, 5) is 30.0. The number of nitrogens with zero attached hydrogens (tertiary/aromatic N) is 2. The molecule has 2 heterocycles. The van der Waals surface area contributed by atoms with E-state index < -0.39 is 5.97 Å². The molecule has 0 fully saturated rings. The van der Waals surface area contributed by atoms with Crippen molar-refractivity contribution in [2.75, 3.05) is 6.61 Å². The molecule has 4 aromatic rings. The van der Waals surface area contributed by atoms with Crippen molar-refractivity contribution in [3.8, 4) is 11.3 Å². The molecule has 5 nitrogen and oxygen atoms in total. The van der Waals surface area contributed by atoms with Gasteiger partial charge in [-0.1, -0.05) is 54.1 Å². The molecule has 6 heteroatoms. The molecule has 0 aliphatic rings. The van der Waals surface area contributed by atoms with Crippen LogP contribution in [0, 0.1) is 0 Å². The summed E-state index contributed by atoms with van der Waals surface area (Å²) in [5, 5.41) is 0.625. The number of hydrogen-bond donors (Lipinski definition) is 0. The molecule has 0 unspecified atom stereocenters. The molecule has 0 atom stereocenters. The number of esters is 1. The fourth-order valence-corrected chi connectivity index (χ4v) is 3.29. The molecule has 0 aliphatic heterocycles. The maximum absolute atomic E-state index is 13.0. The predicted molar refractivity (Wildman–Crippen MR) is 111 cm³/mol. The van der Waals surface area contributed by atoms with Crippen LogP contribution in [0.3, 0.4) is 0 Å². The average molecular weight is 405 g/mol. The summed E-state index contributed by atoms with van der Waals surface area (Å²) in [5.41, 5.74) is 3.28. The number of rotatable bonds is 5. The van der Waals surface area contributed by atoms with Crippen molar-refractivity contribution >= 4 is 28.9 Å². The molecule has 2 aromatic carbocycles. The lowest BCUT2D eigenvalue weighted by molar-refractivity contribution is 0.0529. The molecule has 0 amide bonds. The lowest BCUT2D eigenvalue weighted by Gasteiger charge is -2.06. The van der Waals surface area contributed by atoms with E-state index >= 15 is 0 Å². The van der Waals surface area contributed by atoms with Gasteiger partial charge in [-0.3, -0.25) is 9.20 Å². The number of ketones is 1. The minimum absolute atomic E-state index is 0.197. The highest BCUT2D eigenvalue weighted by Crippen LogP contribution is 2.26. The van der Waals surface area contributed by atoms with Crippen LogP contribution in [0.1, 0.15) is 33.3 Å². The maximum Gasteiger partial charge on any atom is 0.340 e. The van der Waals surface area contributed by atoms with Gasteiger partial charge in [-0.05, 0) is 31.2 Å². The Labute approximate surface area is 172 Å². The van der Waals surface area contributed by atoms with E-state index in [2.05, 4.69) is 4.98 Å². The number of halogens is 1. The van der Waals surface area contributed by atoms with Gasteiger partial charge in [0.15, 0.2) is 0 Å². The normalized spacial score (nSPS) is 10.8. The van der Waals surface area contributed by atoms with Crippen LogP contribution >= 0.6 is 11.6 Å². The molecular weight excluding hydrogens is 388 g/mol. The van der Waals surface area contributed by atoms with Crippen LogP contribution in [0.2, 0.25) is 5.02 Å². The van der Waals surface area contributed by atoms with Gasteiger partial charge in [0.1, 0.15) is 6.33 Å². The van der Waals surface area contributed by atoms with Crippen molar-refractivity contribution in [1.29, 1.82) is 0 Å². The molecule has 4 rings (SSSR count). The summed E-state index contributed by atoms with van der Waals surface area (Å²) < 4.78 is 6.82. The number of aromatic nitrogens is 2. The largest absolute Gasteiger partial charge is 0.462 e. The molecule has 0 spiro atoms. The Morgan fingerprint density at radius 1 is 1.03 bits per heavy atom. The number of carbonyl (C=O) groups is 2. The molecule has 2 aromatic heterocycles. The Morgan fingerprint density at radius 3 is 2.45 bits per heavy atom. The van der Waals surface area contributed by atoms with E-state index in [4.69, 9.17) is 16.3 Å². The zero-order chi connectivity index (χ0) is 20.4. The van der Waals surface area contributed by atoms with Crippen LogP contribution in [0.25, 0.3) is 16.8 Å². The molecule has 0 aliphatic carbocycles. The van der Waals surface area contributed by atoms with Gasteiger partial charge in [0.05, 0.1) is 29.1 Å². The Morgan fingerprint density at radius 2 is 1.76 bits per heavy atom. The van der Waals surface area contributed by atoms with Crippen molar-refractivity contribution in [2.45, 2.75) is 6.92 Å². The van der Waals surface area contributed by atoms with Crippen LogP contribution in [0.5, 0.6) is 0 Å². The van der Waals surface area contributed by atoms with E-state index in [1.165, 1.54) is 0 Å². The van der Waals surface area contributed by atoms with Crippen LogP contribution in [0.4, 0.5) is 0 Å². The maximum atomic E-state index is 13.0. The van der Waals surface area contributed by atoms with Crippen molar-refractivity contribution in [3.05, 3.63) is 94.9 Å². The molecule has 0 N–H and O–H groups in total. The topological polar surface area (TPSA) is 60.7 Å². The summed E-state index contributed by atoms with van der Waals surface area (Å²) in [6.45, 7) is 1.99. The van der Waals surface area contributed by atoms with E-state index in [-0.39, 0.29) is 12.4 Å². The highest BCUT2D eigenvalue weighted by atomic mass is 35.5. The molecule has 0 saturated heterocycles. The zero-order valence-electron chi connectivity index (χ0n) is 15.6. The summed E-state index contributed by atoms with van der Waals surface area (Å²) in [7, 11) is 0. The van der Waals surface area contributed by atoms with Gasteiger partial charge >= 0.3 is 5.97 Å². The van der Waals surface area contributed by atoms with E-state index in [1.807, 2.05) is 18.2 Å². The Bertz CT molecular complexity index is 1200. The third kappa shape index (κ3) is 3.65. The number of hydrogen-bond acceptors (Lipinski definition) is 4. The predicted octanol–water partition coefficient (Wildman–Crippen LogP) is 5.06. The van der Waals surface area contributed by atoms with E-state index in [0.29, 0.717) is 33.1 Å². The first-order valence-electron chi connectivity index (χ1n) is 9.12. The van der Waals surface area contributed by atoms with Gasteiger partial charge in [0.2, 0.25) is 5.78 Å². The van der Waals surface area contributed by atoms with Crippen LogP contribution < -0.4 is 0 Å². The highest BCUT2D eigenvalue weighted by Gasteiger charge is 2.22. The second-order valence-electron chi connectivity index (χ2n) is 6.40. The van der Waals surface area contributed by atoms with Gasteiger partial charge in [-0.2, -0.15) is 0 Å². The first-order chi connectivity index (χ1) is 14.1. The minimum atomic E-state index is -0.481. The van der Waals surface area contributed by atoms with Gasteiger partial charge in [-0.25, -0.2) is 9.78 Å². The SMILES string of the molecule is CCOC(=O)c1cc(C(=O)c2ccccc2)n2cnc(-c3ccc(Cl)cc3)cc12.